The van der Waals surface area contributed by atoms with Crippen molar-refractivity contribution in [1.29, 1.82) is 0 Å². The number of likely N-dealkylation sites (N-methyl/N-ethyl adjacent to an activating group) is 1. The molecule has 0 aliphatic carbocycles. The van der Waals surface area contributed by atoms with Gasteiger partial charge in [0.2, 0.25) is 5.91 Å². The maximum absolute atomic E-state index is 12.9. The normalized spacial score (nSPS) is 14.4. The highest BCUT2D eigenvalue weighted by molar-refractivity contribution is 7.47. The quantitative estimate of drug-likeness (QED) is 0.0244. The molecule has 3 atom stereocenters. The topological polar surface area (TPSA) is 105 Å². The van der Waals surface area contributed by atoms with Crippen LogP contribution in [0.3, 0.4) is 0 Å². The summed E-state index contributed by atoms with van der Waals surface area (Å²) in [4.78, 5) is 23.2. The minimum absolute atomic E-state index is 0.0556. The smallest absolute Gasteiger partial charge is 0.387 e. The van der Waals surface area contributed by atoms with E-state index in [-0.39, 0.29) is 19.1 Å². The van der Waals surface area contributed by atoms with Crippen molar-refractivity contribution in [2.24, 2.45) is 0 Å². The molecule has 0 bridgehead atoms. The monoisotopic (exact) mass is 868 g/mol. The number of amides is 1. The van der Waals surface area contributed by atoms with E-state index in [1.54, 1.807) is 6.08 Å². The molecule has 3 N–H and O–H groups in total. The Labute approximate surface area is 372 Å². The lowest BCUT2D eigenvalue weighted by atomic mass is 10.0. The van der Waals surface area contributed by atoms with E-state index < -0.39 is 20.0 Å². The molecule has 0 aromatic heterocycles. The molecule has 3 unspecified atom stereocenters. The van der Waals surface area contributed by atoms with Crippen LogP contribution in [0.15, 0.2) is 36.5 Å². The Kier molecular flexibility index (Phi) is 42.1. The molecule has 0 saturated heterocycles. The van der Waals surface area contributed by atoms with Gasteiger partial charge in [-0.3, -0.25) is 13.8 Å². The standard InChI is InChI=1S/C51H99N2O6P/c1-6-8-10-12-14-16-18-20-22-24-25-26-27-28-29-31-33-35-37-39-41-43-45-51(55)52-49(48-59-60(56,57)58-47-46-53(3,4)5)50(54)44-42-40-38-36-34-32-30-23-21-19-17-15-13-11-9-7-2/h27-28,34,36,42,44,49-50,54H,6-26,29-33,35,37-41,43,45-48H2,1-5H3,(H-,52,55,56,57)/p+1/b28-27-,36-34+,44-42+. The first-order chi connectivity index (χ1) is 29.0. The largest absolute Gasteiger partial charge is 0.472 e. The molecule has 0 aliphatic heterocycles. The molecule has 8 nitrogen and oxygen atoms in total. The van der Waals surface area contributed by atoms with Gasteiger partial charge in [-0.1, -0.05) is 204 Å². The number of aliphatic hydroxyl groups excluding tert-OH is 1. The number of nitrogens with one attached hydrogen (secondary N) is 1. The molecule has 0 fully saturated rings. The van der Waals surface area contributed by atoms with Crippen LogP contribution in [0.25, 0.3) is 0 Å². The summed E-state index contributed by atoms with van der Waals surface area (Å²) in [5.74, 6) is -0.190. The molecule has 0 aliphatic rings. The van der Waals surface area contributed by atoms with Crippen molar-refractivity contribution < 1.29 is 32.9 Å². The van der Waals surface area contributed by atoms with E-state index >= 15 is 0 Å². The maximum Gasteiger partial charge on any atom is 0.472 e. The second-order valence-electron chi connectivity index (χ2n) is 18.5. The first-order valence-corrected chi connectivity index (χ1v) is 26.9. The lowest BCUT2D eigenvalue weighted by Gasteiger charge is -2.25. The van der Waals surface area contributed by atoms with Gasteiger partial charge < -0.3 is 19.8 Å². The first-order valence-electron chi connectivity index (χ1n) is 25.4. The van der Waals surface area contributed by atoms with E-state index in [4.69, 9.17) is 9.05 Å². The van der Waals surface area contributed by atoms with Gasteiger partial charge >= 0.3 is 7.82 Å². The van der Waals surface area contributed by atoms with Gasteiger partial charge in [0.05, 0.1) is 39.9 Å². The van der Waals surface area contributed by atoms with Gasteiger partial charge in [0.25, 0.3) is 0 Å². The molecule has 9 heteroatoms. The first kappa shape index (κ1) is 58.7. The van der Waals surface area contributed by atoms with Crippen LogP contribution in [0.4, 0.5) is 0 Å². The van der Waals surface area contributed by atoms with Gasteiger partial charge in [0.1, 0.15) is 13.2 Å². The zero-order chi connectivity index (χ0) is 44.3. The van der Waals surface area contributed by atoms with Gasteiger partial charge in [0.15, 0.2) is 0 Å². The van der Waals surface area contributed by atoms with Crippen molar-refractivity contribution in [2.45, 2.75) is 244 Å². The number of unbranched alkanes of at least 4 members (excludes halogenated alkanes) is 29. The zero-order valence-corrected chi connectivity index (χ0v) is 41.1. The molecule has 0 saturated carbocycles. The molecular weight excluding hydrogens is 768 g/mol. The molecule has 1 amide bonds. The van der Waals surface area contributed by atoms with Gasteiger partial charge in [-0.15, -0.1) is 0 Å². The fraction of sp³-hybridized carbons (Fsp3) is 0.863. The summed E-state index contributed by atoms with van der Waals surface area (Å²) in [5, 5.41) is 13.8. The Hall–Kier alpha value is -1.28. The summed E-state index contributed by atoms with van der Waals surface area (Å²) >= 11 is 0. The minimum atomic E-state index is -4.35. The number of nitrogens with zero attached hydrogens (tertiary/aromatic N) is 1. The summed E-state index contributed by atoms with van der Waals surface area (Å²) in [6.07, 6.45) is 53.7. The van der Waals surface area contributed by atoms with E-state index in [1.165, 1.54) is 173 Å². The second kappa shape index (κ2) is 43.0. The molecule has 354 valence electrons. The fourth-order valence-electron chi connectivity index (χ4n) is 7.29. The number of phosphoric acid groups is 1. The van der Waals surface area contributed by atoms with Crippen LogP contribution in [0.5, 0.6) is 0 Å². The number of hydrogen-bond acceptors (Lipinski definition) is 5. The Morgan fingerprint density at radius 3 is 1.33 bits per heavy atom. The van der Waals surface area contributed by atoms with Crippen LogP contribution < -0.4 is 5.32 Å². The van der Waals surface area contributed by atoms with Crippen LogP contribution in [-0.4, -0.2) is 73.4 Å². The third kappa shape index (κ3) is 44.8. The average Bonchev–Trinajstić information content (AvgIpc) is 3.20. The summed E-state index contributed by atoms with van der Waals surface area (Å²) < 4.78 is 23.6. The number of hydrogen-bond donors (Lipinski definition) is 3. The van der Waals surface area contributed by atoms with Crippen molar-refractivity contribution in [3.05, 3.63) is 36.5 Å². The van der Waals surface area contributed by atoms with Crippen LogP contribution in [-0.2, 0) is 18.4 Å². The molecule has 60 heavy (non-hydrogen) atoms. The van der Waals surface area contributed by atoms with E-state index in [0.29, 0.717) is 17.4 Å². The molecule has 0 rings (SSSR count). The Balaban J connectivity index is 4.33. The Morgan fingerprint density at radius 2 is 0.917 bits per heavy atom. The van der Waals surface area contributed by atoms with Crippen LogP contribution >= 0.6 is 7.82 Å². The minimum Gasteiger partial charge on any atom is -0.387 e. The third-order valence-electron chi connectivity index (χ3n) is 11.3. The molecule has 0 aromatic rings. The summed E-state index contributed by atoms with van der Waals surface area (Å²) in [6.45, 7) is 4.80. The Morgan fingerprint density at radius 1 is 0.550 bits per heavy atom. The SMILES string of the molecule is CCCCCCCCCCCC/C=C/CC/C=C/C(O)C(COP(=O)(O)OCC[N+](C)(C)C)NC(=O)CCCCCCCCC/C=C\CCCCCCCCCCCCC. The number of carbonyl (C=O) groups excluding carboxylic acids is 1. The van der Waals surface area contributed by atoms with Crippen LogP contribution in [0.1, 0.15) is 232 Å². The number of rotatable bonds is 46. The van der Waals surface area contributed by atoms with Crippen molar-refractivity contribution in [3.63, 3.8) is 0 Å². The maximum atomic E-state index is 12.9. The molecule has 0 spiro atoms. The molecule has 0 aromatic carbocycles. The van der Waals surface area contributed by atoms with Gasteiger partial charge in [-0.25, -0.2) is 4.57 Å². The van der Waals surface area contributed by atoms with Crippen molar-refractivity contribution >= 4 is 13.7 Å². The van der Waals surface area contributed by atoms with Crippen molar-refractivity contribution in [3.8, 4) is 0 Å². The average molecular weight is 868 g/mol. The van der Waals surface area contributed by atoms with Crippen LogP contribution in [0, 0.1) is 0 Å². The Bertz CT molecular complexity index is 1070. The predicted molar refractivity (Wildman–Crippen MR) is 258 cm³/mol. The van der Waals surface area contributed by atoms with Gasteiger partial charge in [-0.05, 0) is 57.8 Å². The summed E-state index contributed by atoms with van der Waals surface area (Å²) in [6, 6.07) is -0.864. The number of carbonyl (C=O) groups is 1. The molecular formula is C51H100N2O6P+. The zero-order valence-electron chi connectivity index (χ0n) is 40.2. The summed E-state index contributed by atoms with van der Waals surface area (Å²) in [7, 11) is 1.55. The van der Waals surface area contributed by atoms with Crippen molar-refractivity contribution in [2.75, 3.05) is 40.9 Å². The van der Waals surface area contributed by atoms with E-state index in [1.807, 2.05) is 27.2 Å². The highest BCUT2D eigenvalue weighted by Crippen LogP contribution is 2.43. The van der Waals surface area contributed by atoms with Gasteiger partial charge in [0, 0.05) is 6.42 Å². The highest BCUT2D eigenvalue weighted by atomic mass is 31.2. The number of quaternary nitrogens is 1. The molecule has 0 radical (unpaired) electrons. The van der Waals surface area contributed by atoms with E-state index in [0.717, 1.165) is 38.5 Å². The number of aliphatic hydroxyl groups is 1. The fourth-order valence-corrected chi connectivity index (χ4v) is 8.02. The van der Waals surface area contributed by atoms with Crippen molar-refractivity contribution in [1.82, 2.24) is 5.32 Å². The predicted octanol–water partition coefficient (Wildman–Crippen LogP) is 14.6. The number of allylic oxidation sites excluding steroid dienone is 5. The molecule has 0 heterocycles. The lowest BCUT2D eigenvalue weighted by molar-refractivity contribution is -0.870. The second-order valence-corrected chi connectivity index (χ2v) is 20.0. The number of phosphoric ester groups is 1. The summed E-state index contributed by atoms with van der Waals surface area (Å²) in [5.41, 5.74) is 0. The van der Waals surface area contributed by atoms with Crippen LogP contribution in [0.2, 0.25) is 0 Å². The van der Waals surface area contributed by atoms with E-state index in [2.05, 4.69) is 43.5 Å². The van der Waals surface area contributed by atoms with E-state index in [9.17, 15) is 19.4 Å². The highest BCUT2D eigenvalue weighted by Gasteiger charge is 2.27. The van der Waals surface area contributed by atoms with Gasteiger partial charge in [-0.2, -0.15) is 0 Å². The lowest BCUT2D eigenvalue weighted by Crippen LogP contribution is -2.45. The third-order valence-corrected chi connectivity index (χ3v) is 12.3.